The lowest BCUT2D eigenvalue weighted by Crippen LogP contribution is -2.41. The molecular weight excluding hydrogens is 166 g/mol. The first-order valence-electron chi connectivity index (χ1n) is 5.11. The highest BCUT2D eigenvalue weighted by atomic mass is 16.8. The van der Waals surface area contributed by atoms with Crippen molar-refractivity contribution in [2.24, 2.45) is 5.73 Å². The molecule has 1 saturated heterocycles. The summed E-state index contributed by atoms with van der Waals surface area (Å²) < 4.78 is 11.7. The number of hydrogen-bond donors (Lipinski definition) is 1. The Morgan fingerprint density at radius 3 is 2.31 bits per heavy atom. The molecule has 0 amide bonds. The summed E-state index contributed by atoms with van der Waals surface area (Å²) in [7, 11) is 0. The smallest absolute Gasteiger partial charge is 0.169 e. The van der Waals surface area contributed by atoms with Crippen LogP contribution in [-0.4, -0.2) is 24.0 Å². The minimum Gasteiger partial charge on any atom is -0.347 e. The maximum atomic E-state index is 5.95. The van der Waals surface area contributed by atoms with Crippen LogP contribution in [0.5, 0.6) is 0 Å². The fourth-order valence-electron chi connectivity index (χ4n) is 2.19. The fraction of sp³-hybridized carbons (Fsp3) is 1.00. The summed E-state index contributed by atoms with van der Waals surface area (Å²) in [4.78, 5) is 0. The van der Waals surface area contributed by atoms with Crippen molar-refractivity contribution in [1.82, 2.24) is 0 Å². The molecule has 13 heavy (non-hydrogen) atoms. The molecule has 3 heteroatoms. The van der Waals surface area contributed by atoms with E-state index in [2.05, 4.69) is 13.8 Å². The van der Waals surface area contributed by atoms with Crippen LogP contribution in [0.25, 0.3) is 0 Å². The summed E-state index contributed by atoms with van der Waals surface area (Å²) in [6.07, 6.45) is 3.96. The molecule has 1 aliphatic heterocycles. The molecule has 0 radical (unpaired) electrons. The summed E-state index contributed by atoms with van der Waals surface area (Å²) in [5.74, 6) is -0.292. The van der Waals surface area contributed by atoms with Crippen LogP contribution in [0.4, 0.5) is 0 Å². The van der Waals surface area contributed by atoms with Crippen molar-refractivity contribution < 1.29 is 9.47 Å². The zero-order valence-electron chi connectivity index (χ0n) is 8.51. The van der Waals surface area contributed by atoms with Crippen molar-refractivity contribution in [3.8, 4) is 0 Å². The average molecular weight is 185 g/mol. The second kappa shape index (κ2) is 2.94. The van der Waals surface area contributed by atoms with Gasteiger partial charge in [0, 0.05) is 18.9 Å². The number of nitrogens with two attached hydrogens (primary N) is 1. The molecule has 2 fully saturated rings. The predicted octanol–water partition coefficient (Wildman–Crippen LogP) is 1.41. The Balaban J connectivity index is 2.00. The summed E-state index contributed by atoms with van der Waals surface area (Å²) in [6.45, 7) is 4.87. The maximum absolute atomic E-state index is 5.95. The second-order valence-electron chi connectivity index (χ2n) is 4.90. The van der Waals surface area contributed by atoms with E-state index in [0.717, 1.165) is 25.7 Å². The average Bonchev–Trinajstić information content (AvgIpc) is 2.35. The molecule has 0 aromatic carbocycles. The Bertz CT molecular complexity index is 195. The minimum absolute atomic E-state index is 0.110. The van der Waals surface area contributed by atoms with Gasteiger partial charge in [0.15, 0.2) is 5.79 Å². The third kappa shape index (κ3) is 1.87. The molecule has 2 aliphatic rings. The topological polar surface area (TPSA) is 44.5 Å². The van der Waals surface area contributed by atoms with E-state index < -0.39 is 0 Å². The van der Waals surface area contributed by atoms with Gasteiger partial charge in [-0.2, -0.15) is 0 Å². The Morgan fingerprint density at radius 1 is 1.23 bits per heavy atom. The minimum atomic E-state index is -0.292. The van der Waals surface area contributed by atoms with Crippen LogP contribution < -0.4 is 5.73 Å². The molecule has 76 valence electrons. The van der Waals surface area contributed by atoms with E-state index in [1.165, 1.54) is 0 Å². The van der Waals surface area contributed by atoms with Crippen LogP contribution in [0.1, 0.15) is 39.5 Å². The maximum Gasteiger partial charge on any atom is 0.169 e. The van der Waals surface area contributed by atoms with Gasteiger partial charge < -0.3 is 15.2 Å². The number of hydrogen-bond acceptors (Lipinski definition) is 3. The second-order valence-corrected chi connectivity index (χ2v) is 4.90. The normalized spacial score (nSPS) is 44.1. The first-order valence-corrected chi connectivity index (χ1v) is 5.11. The van der Waals surface area contributed by atoms with E-state index >= 15 is 0 Å². The lowest BCUT2D eigenvalue weighted by Gasteiger charge is -2.35. The van der Waals surface area contributed by atoms with Crippen LogP contribution in [-0.2, 0) is 9.47 Å². The zero-order chi connectivity index (χ0) is 9.53. The van der Waals surface area contributed by atoms with Gasteiger partial charge in [0.05, 0.1) is 12.2 Å². The van der Waals surface area contributed by atoms with E-state index in [0.29, 0.717) is 12.6 Å². The third-order valence-electron chi connectivity index (χ3n) is 2.94. The van der Waals surface area contributed by atoms with Crippen molar-refractivity contribution in [1.29, 1.82) is 0 Å². The highest BCUT2D eigenvalue weighted by Gasteiger charge is 2.46. The van der Waals surface area contributed by atoms with E-state index in [9.17, 15) is 0 Å². The third-order valence-corrected chi connectivity index (χ3v) is 2.94. The zero-order valence-corrected chi connectivity index (χ0v) is 8.51. The van der Waals surface area contributed by atoms with Crippen molar-refractivity contribution in [3.63, 3.8) is 0 Å². The number of ether oxygens (including phenoxy) is 2. The monoisotopic (exact) mass is 185 g/mol. The lowest BCUT2D eigenvalue weighted by atomic mass is 9.90. The van der Waals surface area contributed by atoms with Gasteiger partial charge >= 0.3 is 0 Å². The fourth-order valence-corrected chi connectivity index (χ4v) is 2.19. The largest absolute Gasteiger partial charge is 0.347 e. The van der Waals surface area contributed by atoms with E-state index in [-0.39, 0.29) is 11.4 Å². The summed E-state index contributed by atoms with van der Waals surface area (Å²) in [5, 5.41) is 0. The molecule has 0 aromatic heterocycles. The highest BCUT2D eigenvalue weighted by Crippen LogP contribution is 2.40. The number of rotatable bonds is 0. The SMILES string of the molecule is CC1(C)COC2(CCC(N)CC2)O1. The Hall–Kier alpha value is -0.120. The van der Waals surface area contributed by atoms with Crippen molar-refractivity contribution in [2.45, 2.75) is 57.0 Å². The molecule has 0 bridgehead atoms. The molecule has 1 spiro atoms. The molecular formula is C10H19NO2. The Morgan fingerprint density at radius 2 is 1.85 bits per heavy atom. The van der Waals surface area contributed by atoms with E-state index in [4.69, 9.17) is 15.2 Å². The molecule has 0 aromatic rings. The predicted molar refractivity (Wildman–Crippen MR) is 50.3 cm³/mol. The quantitative estimate of drug-likeness (QED) is 0.620. The van der Waals surface area contributed by atoms with Crippen LogP contribution in [0.3, 0.4) is 0 Å². The van der Waals surface area contributed by atoms with Gasteiger partial charge in [0.25, 0.3) is 0 Å². The lowest BCUT2D eigenvalue weighted by molar-refractivity contribution is -0.200. The summed E-state index contributed by atoms with van der Waals surface area (Å²) in [5.41, 5.74) is 5.73. The Kier molecular flexibility index (Phi) is 2.13. The van der Waals surface area contributed by atoms with Crippen LogP contribution in [0, 0.1) is 0 Å². The van der Waals surface area contributed by atoms with Crippen LogP contribution >= 0.6 is 0 Å². The summed E-state index contributed by atoms with van der Waals surface area (Å²) >= 11 is 0. The molecule has 0 unspecified atom stereocenters. The molecule has 1 heterocycles. The standard InChI is InChI=1S/C10H19NO2/c1-9(2)7-12-10(13-9)5-3-8(11)4-6-10/h8H,3-7,11H2,1-2H3. The van der Waals surface area contributed by atoms with Gasteiger partial charge in [-0.1, -0.05) is 0 Å². The Labute approximate surface area is 79.6 Å². The van der Waals surface area contributed by atoms with Gasteiger partial charge in [-0.15, -0.1) is 0 Å². The van der Waals surface area contributed by atoms with Gasteiger partial charge in [0.1, 0.15) is 0 Å². The molecule has 2 rings (SSSR count). The van der Waals surface area contributed by atoms with E-state index in [1.807, 2.05) is 0 Å². The van der Waals surface area contributed by atoms with Gasteiger partial charge in [-0.25, -0.2) is 0 Å². The molecule has 1 aliphatic carbocycles. The molecule has 3 nitrogen and oxygen atoms in total. The first-order chi connectivity index (χ1) is 6.02. The van der Waals surface area contributed by atoms with E-state index in [1.54, 1.807) is 0 Å². The van der Waals surface area contributed by atoms with Gasteiger partial charge in [-0.3, -0.25) is 0 Å². The van der Waals surface area contributed by atoms with Gasteiger partial charge in [0.2, 0.25) is 0 Å². The van der Waals surface area contributed by atoms with Crippen LogP contribution in [0.15, 0.2) is 0 Å². The van der Waals surface area contributed by atoms with Gasteiger partial charge in [-0.05, 0) is 26.7 Å². The molecule has 2 N–H and O–H groups in total. The summed E-state index contributed by atoms with van der Waals surface area (Å²) in [6, 6.07) is 0.349. The van der Waals surface area contributed by atoms with Crippen molar-refractivity contribution in [3.05, 3.63) is 0 Å². The van der Waals surface area contributed by atoms with Crippen LogP contribution in [0.2, 0.25) is 0 Å². The first kappa shape index (κ1) is 9.44. The highest BCUT2D eigenvalue weighted by molar-refractivity contribution is 4.89. The van der Waals surface area contributed by atoms with Crippen molar-refractivity contribution in [2.75, 3.05) is 6.61 Å². The molecule has 0 atom stereocenters. The van der Waals surface area contributed by atoms with Crippen molar-refractivity contribution >= 4 is 0 Å². The molecule has 1 saturated carbocycles.